The van der Waals surface area contributed by atoms with Crippen LogP contribution in [0.25, 0.3) is 11.3 Å². The fraction of sp³-hybridized carbons (Fsp3) is 0.227. The second kappa shape index (κ2) is 9.30. The molecule has 8 heteroatoms. The van der Waals surface area contributed by atoms with Crippen LogP contribution in [0.2, 0.25) is 0 Å². The standard InChI is InChI=1S/C22H21F2N3O3/c1-14-3-5-16(6-4-14)19-8-10-21(28)27(26-19)12-11-25-22(29)15(2)30-20-9-7-17(23)13-18(20)24/h3-10,13,15H,11-12H2,1-2H3,(H,25,29). The van der Waals surface area contributed by atoms with Crippen molar-refractivity contribution in [1.82, 2.24) is 15.1 Å². The lowest BCUT2D eigenvalue weighted by Crippen LogP contribution is -2.39. The lowest BCUT2D eigenvalue weighted by atomic mass is 10.1. The Hall–Kier alpha value is -3.55. The van der Waals surface area contributed by atoms with Crippen LogP contribution in [-0.4, -0.2) is 28.3 Å². The largest absolute Gasteiger partial charge is 0.478 e. The van der Waals surface area contributed by atoms with Crippen molar-refractivity contribution >= 4 is 5.91 Å². The number of hydrogen-bond acceptors (Lipinski definition) is 4. The van der Waals surface area contributed by atoms with Crippen molar-refractivity contribution in [2.45, 2.75) is 26.5 Å². The van der Waals surface area contributed by atoms with E-state index in [0.29, 0.717) is 11.8 Å². The number of halogens is 2. The molecule has 0 aliphatic rings. The minimum Gasteiger partial charge on any atom is -0.478 e. The van der Waals surface area contributed by atoms with Crippen LogP contribution in [0.15, 0.2) is 59.4 Å². The topological polar surface area (TPSA) is 73.2 Å². The molecule has 1 aromatic heterocycles. The maximum Gasteiger partial charge on any atom is 0.266 e. The van der Waals surface area contributed by atoms with Crippen LogP contribution >= 0.6 is 0 Å². The van der Waals surface area contributed by atoms with E-state index in [0.717, 1.165) is 23.3 Å². The Bertz CT molecular complexity index is 1100. The zero-order chi connectivity index (χ0) is 21.7. The normalized spacial score (nSPS) is 11.7. The summed E-state index contributed by atoms with van der Waals surface area (Å²) in [6.45, 7) is 3.71. The molecule has 0 radical (unpaired) electrons. The third-order valence-corrected chi connectivity index (χ3v) is 4.40. The van der Waals surface area contributed by atoms with Gasteiger partial charge in [0.05, 0.1) is 12.2 Å². The summed E-state index contributed by atoms with van der Waals surface area (Å²) in [5, 5.41) is 6.95. The summed E-state index contributed by atoms with van der Waals surface area (Å²) in [4.78, 5) is 24.2. The molecule has 0 spiro atoms. The number of hydrogen-bond donors (Lipinski definition) is 1. The molecule has 6 nitrogen and oxygen atoms in total. The first kappa shape index (κ1) is 21.2. The Morgan fingerprint density at radius 1 is 1.13 bits per heavy atom. The monoisotopic (exact) mass is 413 g/mol. The van der Waals surface area contributed by atoms with Gasteiger partial charge in [-0.3, -0.25) is 9.59 Å². The Balaban J connectivity index is 1.59. The number of nitrogens with one attached hydrogen (secondary N) is 1. The highest BCUT2D eigenvalue weighted by Gasteiger charge is 2.16. The SMILES string of the molecule is Cc1ccc(-c2ccc(=O)n(CCNC(=O)C(C)Oc3ccc(F)cc3F)n2)cc1. The van der Waals surface area contributed by atoms with Crippen molar-refractivity contribution < 1.29 is 18.3 Å². The highest BCUT2D eigenvalue weighted by molar-refractivity contribution is 5.80. The number of carbonyl (C=O) groups excluding carboxylic acids is 1. The van der Waals surface area contributed by atoms with Gasteiger partial charge in [-0.1, -0.05) is 29.8 Å². The molecule has 0 aliphatic carbocycles. The summed E-state index contributed by atoms with van der Waals surface area (Å²) in [6, 6.07) is 13.7. The van der Waals surface area contributed by atoms with E-state index < -0.39 is 23.6 Å². The molecule has 156 valence electrons. The predicted octanol–water partition coefficient (Wildman–Crippen LogP) is 3.08. The van der Waals surface area contributed by atoms with E-state index in [1.54, 1.807) is 6.07 Å². The van der Waals surface area contributed by atoms with Gasteiger partial charge in [0, 0.05) is 24.2 Å². The highest BCUT2D eigenvalue weighted by atomic mass is 19.1. The first-order valence-electron chi connectivity index (χ1n) is 9.38. The van der Waals surface area contributed by atoms with Gasteiger partial charge in [0.2, 0.25) is 0 Å². The summed E-state index contributed by atoms with van der Waals surface area (Å²) in [5.74, 6) is -2.34. The Labute approximate surface area is 172 Å². The Morgan fingerprint density at radius 3 is 2.57 bits per heavy atom. The molecular weight excluding hydrogens is 392 g/mol. The van der Waals surface area contributed by atoms with Crippen molar-refractivity contribution in [3.8, 4) is 17.0 Å². The zero-order valence-corrected chi connectivity index (χ0v) is 16.6. The molecule has 1 heterocycles. The molecule has 30 heavy (non-hydrogen) atoms. The predicted molar refractivity (Wildman–Crippen MR) is 108 cm³/mol. The van der Waals surface area contributed by atoms with Gasteiger partial charge in [0.1, 0.15) is 5.82 Å². The minimum absolute atomic E-state index is 0.128. The fourth-order valence-electron chi connectivity index (χ4n) is 2.73. The van der Waals surface area contributed by atoms with E-state index in [9.17, 15) is 18.4 Å². The van der Waals surface area contributed by atoms with Gasteiger partial charge in [-0.2, -0.15) is 5.10 Å². The fourth-order valence-corrected chi connectivity index (χ4v) is 2.73. The second-order valence-corrected chi connectivity index (χ2v) is 6.77. The van der Waals surface area contributed by atoms with Gasteiger partial charge in [0.25, 0.3) is 11.5 Å². The van der Waals surface area contributed by atoms with Crippen LogP contribution in [-0.2, 0) is 11.3 Å². The van der Waals surface area contributed by atoms with Gasteiger partial charge in [-0.15, -0.1) is 0 Å². The molecule has 1 atom stereocenters. The lowest BCUT2D eigenvalue weighted by Gasteiger charge is -2.15. The maximum absolute atomic E-state index is 13.6. The number of amides is 1. The molecule has 1 unspecified atom stereocenters. The molecule has 3 rings (SSSR count). The summed E-state index contributed by atoms with van der Waals surface area (Å²) in [5.41, 5.74) is 2.34. The van der Waals surface area contributed by atoms with E-state index >= 15 is 0 Å². The average Bonchev–Trinajstić information content (AvgIpc) is 2.72. The zero-order valence-electron chi connectivity index (χ0n) is 16.6. The summed E-state index contributed by atoms with van der Waals surface area (Å²) >= 11 is 0. The third-order valence-electron chi connectivity index (χ3n) is 4.40. The number of carbonyl (C=O) groups is 1. The summed E-state index contributed by atoms with van der Waals surface area (Å²) in [7, 11) is 0. The number of aryl methyl sites for hydroxylation is 1. The van der Waals surface area contributed by atoms with E-state index in [2.05, 4.69) is 10.4 Å². The van der Waals surface area contributed by atoms with Crippen LogP contribution in [0.1, 0.15) is 12.5 Å². The van der Waals surface area contributed by atoms with Crippen molar-refractivity contribution in [3.63, 3.8) is 0 Å². The minimum atomic E-state index is -1.01. The number of nitrogens with zero attached hydrogens (tertiary/aromatic N) is 2. The molecule has 1 amide bonds. The molecule has 0 saturated carbocycles. The smallest absolute Gasteiger partial charge is 0.266 e. The summed E-state index contributed by atoms with van der Waals surface area (Å²) in [6.07, 6.45) is -1.01. The van der Waals surface area contributed by atoms with E-state index in [-0.39, 0.29) is 24.4 Å². The number of rotatable bonds is 7. The molecule has 1 N–H and O–H groups in total. The molecular formula is C22H21F2N3O3. The van der Waals surface area contributed by atoms with Gasteiger partial charge in [-0.25, -0.2) is 13.5 Å². The molecule has 0 fully saturated rings. The number of aromatic nitrogens is 2. The maximum atomic E-state index is 13.6. The van der Waals surface area contributed by atoms with Gasteiger partial charge in [0.15, 0.2) is 17.7 Å². The van der Waals surface area contributed by atoms with Gasteiger partial charge in [-0.05, 0) is 32.0 Å². The first-order chi connectivity index (χ1) is 14.3. The van der Waals surface area contributed by atoms with Crippen molar-refractivity contribution in [2.75, 3.05) is 6.54 Å². The Kier molecular flexibility index (Phi) is 6.56. The van der Waals surface area contributed by atoms with E-state index in [1.807, 2.05) is 31.2 Å². The molecule has 0 saturated heterocycles. The Morgan fingerprint density at radius 2 is 1.87 bits per heavy atom. The molecule has 0 aliphatic heterocycles. The van der Waals surface area contributed by atoms with E-state index in [4.69, 9.17) is 4.74 Å². The first-order valence-corrected chi connectivity index (χ1v) is 9.38. The number of ether oxygens (including phenoxy) is 1. The molecule has 3 aromatic rings. The van der Waals surface area contributed by atoms with Crippen LogP contribution in [0.5, 0.6) is 5.75 Å². The number of benzene rings is 2. The average molecular weight is 413 g/mol. The molecule has 2 aromatic carbocycles. The lowest BCUT2D eigenvalue weighted by molar-refractivity contribution is -0.127. The van der Waals surface area contributed by atoms with Crippen LogP contribution < -0.4 is 15.6 Å². The van der Waals surface area contributed by atoms with Crippen LogP contribution in [0.4, 0.5) is 8.78 Å². The van der Waals surface area contributed by atoms with Gasteiger partial charge < -0.3 is 10.1 Å². The van der Waals surface area contributed by atoms with Crippen LogP contribution in [0, 0.1) is 18.6 Å². The highest BCUT2D eigenvalue weighted by Crippen LogP contribution is 2.19. The quantitative estimate of drug-likeness (QED) is 0.646. The van der Waals surface area contributed by atoms with Gasteiger partial charge >= 0.3 is 0 Å². The third kappa shape index (κ3) is 5.28. The van der Waals surface area contributed by atoms with Crippen LogP contribution in [0.3, 0.4) is 0 Å². The van der Waals surface area contributed by atoms with E-state index in [1.165, 1.54) is 17.7 Å². The second-order valence-electron chi connectivity index (χ2n) is 6.77. The van der Waals surface area contributed by atoms with Crippen molar-refractivity contribution in [1.29, 1.82) is 0 Å². The molecule has 0 bridgehead atoms. The van der Waals surface area contributed by atoms with Crippen molar-refractivity contribution in [2.24, 2.45) is 0 Å². The van der Waals surface area contributed by atoms with Crippen molar-refractivity contribution in [3.05, 3.63) is 82.1 Å². The summed E-state index contributed by atoms with van der Waals surface area (Å²) < 4.78 is 33.1.